The minimum atomic E-state index is -0.677. The molecule has 0 unspecified atom stereocenters. The number of aryl methyl sites for hydroxylation is 2. The lowest BCUT2D eigenvalue weighted by Crippen LogP contribution is -2.40. The Kier molecular flexibility index (Phi) is 15.7. The fraction of sp³-hybridized carbons (Fsp3) is 0.438. The zero-order chi connectivity index (χ0) is 50.9. The standard InChI is InChI=1S/C48H57N13O11/c1-58-27-39(57-46(66)44-55-38(26-59(44)2)54-41(63)12-8-18-72-37-22-33-31(20-35(37)70-4)48(68)61-16-6-10-29(61)24-52-33)56-43(58)45(65)53-25-42(64)50-14-13-49-40(62)11-7-17-71-36-21-32-30(19-34(36)69-3)47(67)60-15-5-9-28(60)23-51-32/h19-24,26-29H,5-18,25H2,1-4H3,(H,49,62)(H,50,64)(H,53,65)(H,54,63)(H,57,66)/t28-,29-/m1/s1. The van der Waals surface area contributed by atoms with Gasteiger partial charge < -0.3 is 64.5 Å². The Morgan fingerprint density at radius 3 is 1.62 bits per heavy atom. The van der Waals surface area contributed by atoms with Gasteiger partial charge in [-0.3, -0.25) is 43.5 Å². The fourth-order valence-electron chi connectivity index (χ4n) is 8.72. The zero-order valence-electron chi connectivity index (χ0n) is 40.4. The third-order valence-electron chi connectivity index (χ3n) is 12.4. The Balaban J connectivity index is 0.707. The molecule has 2 fully saturated rings. The number of rotatable bonds is 21. The molecule has 2 atom stereocenters. The Labute approximate surface area is 413 Å². The van der Waals surface area contributed by atoms with Crippen molar-refractivity contribution >= 4 is 76.8 Å². The molecular formula is C48H57N13O11. The van der Waals surface area contributed by atoms with Crippen LogP contribution in [0.3, 0.4) is 0 Å². The minimum absolute atomic E-state index is 0.0202. The average Bonchev–Trinajstić information content (AvgIpc) is 4.17. The second kappa shape index (κ2) is 22.6. The molecule has 0 spiro atoms. The smallest absolute Gasteiger partial charge is 0.292 e. The monoisotopic (exact) mass is 991 g/mol. The van der Waals surface area contributed by atoms with E-state index in [1.54, 1.807) is 50.8 Å². The molecule has 0 radical (unpaired) electrons. The Hall–Kier alpha value is -8.31. The quantitative estimate of drug-likeness (QED) is 0.0752. The van der Waals surface area contributed by atoms with E-state index in [0.717, 1.165) is 25.7 Å². The van der Waals surface area contributed by atoms with Crippen LogP contribution in [0.1, 0.15) is 93.3 Å². The van der Waals surface area contributed by atoms with Gasteiger partial charge in [0.2, 0.25) is 29.4 Å². The number of aliphatic imine (C=N–C) groups is 2. The Bertz CT molecular complexity index is 2820. The molecule has 72 heavy (non-hydrogen) atoms. The predicted octanol–water partition coefficient (Wildman–Crippen LogP) is 2.68. The first-order valence-corrected chi connectivity index (χ1v) is 23.7. The van der Waals surface area contributed by atoms with Crippen LogP contribution in [0.5, 0.6) is 23.0 Å². The highest BCUT2D eigenvalue weighted by Gasteiger charge is 2.34. The number of carbonyl (C=O) groups excluding carboxylic acids is 7. The number of nitrogens with zero attached hydrogens (tertiary/aromatic N) is 8. The molecule has 0 saturated carbocycles. The molecule has 6 heterocycles. The maximum atomic E-state index is 13.2. The zero-order valence-corrected chi connectivity index (χ0v) is 40.4. The third-order valence-corrected chi connectivity index (χ3v) is 12.4. The number of fused-ring (bicyclic) bond motifs is 4. The van der Waals surface area contributed by atoms with Gasteiger partial charge in [-0.05, 0) is 50.7 Å². The number of anilines is 2. The summed E-state index contributed by atoms with van der Waals surface area (Å²) in [6, 6.07) is 6.58. The topological polar surface area (TPSA) is 283 Å². The van der Waals surface area contributed by atoms with E-state index < -0.39 is 17.7 Å². The summed E-state index contributed by atoms with van der Waals surface area (Å²) in [5, 5.41) is 13.1. The van der Waals surface area contributed by atoms with Crippen molar-refractivity contribution in [2.75, 3.05) is 70.8 Å². The van der Waals surface area contributed by atoms with Crippen molar-refractivity contribution in [3.63, 3.8) is 0 Å². The van der Waals surface area contributed by atoms with Crippen molar-refractivity contribution in [3.05, 3.63) is 59.4 Å². The maximum Gasteiger partial charge on any atom is 0.292 e. The van der Waals surface area contributed by atoms with E-state index in [4.69, 9.17) is 18.9 Å². The number of methoxy groups -OCH3 is 2. The minimum Gasteiger partial charge on any atom is -0.493 e. The molecular weight excluding hydrogens is 935 g/mol. The SMILES string of the molecule is COc1cc2c(cc1OCCCC(=O)NCCNC(=O)CNC(=O)c1nc(NC(=O)c3nc(NC(=O)CCCOc4cc5c(cc4OC)C(=O)N4CCC[C@@H]4C=N5)cn3C)cn1C)N=C[C@H]1CCCN1C2=O. The molecule has 0 aliphatic carbocycles. The van der Waals surface area contributed by atoms with Gasteiger partial charge in [-0.15, -0.1) is 0 Å². The van der Waals surface area contributed by atoms with E-state index in [9.17, 15) is 33.6 Å². The Morgan fingerprint density at radius 1 is 0.611 bits per heavy atom. The van der Waals surface area contributed by atoms with Crippen LogP contribution in [0.4, 0.5) is 23.0 Å². The highest BCUT2D eigenvalue weighted by atomic mass is 16.5. The summed E-state index contributed by atoms with van der Waals surface area (Å²) >= 11 is 0. The number of aromatic nitrogens is 4. The lowest BCUT2D eigenvalue weighted by molar-refractivity contribution is -0.122. The third kappa shape index (κ3) is 11.6. The van der Waals surface area contributed by atoms with Crippen LogP contribution < -0.4 is 45.5 Å². The molecule has 4 aromatic rings. The first kappa shape index (κ1) is 50.1. The van der Waals surface area contributed by atoms with Gasteiger partial charge in [-0.2, -0.15) is 0 Å². The van der Waals surface area contributed by atoms with Gasteiger partial charge in [0.15, 0.2) is 34.6 Å². The summed E-state index contributed by atoms with van der Waals surface area (Å²) in [5.74, 6) is -0.967. The lowest BCUT2D eigenvalue weighted by atomic mass is 10.1. The van der Waals surface area contributed by atoms with Crippen LogP contribution in [0.25, 0.3) is 0 Å². The summed E-state index contributed by atoms with van der Waals surface area (Å²) in [5.41, 5.74) is 1.91. The van der Waals surface area contributed by atoms with E-state index in [2.05, 4.69) is 46.5 Å². The van der Waals surface area contributed by atoms with Crippen molar-refractivity contribution in [1.82, 2.24) is 44.9 Å². The molecule has 24 heteroatoms. The van der Waals surface area contributed by atoms with Crippen molar-refractivity contribution in [3.8, 4) is 23.0 Å². The van der Waals surface area contributed by atoms with Gasteiger partial charge in [0.1, 0.15) is 0 Å². The number of nitrogens with one attached hydrogen (secondary N) is 5. The second-order valence-electron chi connectivity index (χ2n) is 17.4. The maximum absolute atomic E-state index is 13.2. The molecule has 24 nitrogen and oxygen atoms in total. The van der Waals surface area contributed by atoms with Gasteiger partial charge in [0.25, 0.3) is 23.6 Å². The van der Waals surface area contributed by atoms with Crippen molar-refractivity contribution in [2.24, 2.45) is 24.1 Å². The molecule has 4 aliphatic heterocycles. The number of hydrogen-bond donors (Lipinski definition) is 5. The molecule has 4 aliphatic rings. The summed E-state index contributed by atoms with van der Waals surface area (Å²) in [6.07, 6.45) is 11.1. The van der Waals surface area contributed by atoms with Gasteiger partial charge in [-0.1, -0.05) is 0 Å². The molecule has 5 N–H and O–H groups in total. The predicted molar refractivity (Wildman–Crippen MR) is 261 cm³/mol. The number of benzene rings is 2. The number of carbonyl (C=O) groups is 7. The van der Waals surface area contributed by atoms with E-state index in [1.165, 1.54) is 35.7 Å². The van der Waals surface area contributed by atoms with Crippen LogP contribution in [0.2, 0.25) is 0 Å². The average molecular weight is 992 g/mol. The van der Waals surface area contributed by atoms with Crippen molar-refractivity contribution < 1.29 is 52.5 Å². The second-order valence-corrected chi connectivity index (χ2v) is 17.4. The van der Waals surface area contributed by atoms with E-state index in [-0.39, 0.29) is 105 Å². The van der Waals surface area contributed by atoms with E-state index >= 15 is 0 Å². The van der Waals surface area contributed by atoms with Gasteiger partial charge in [0.05, 0.1) is 68.6 Å². The number of imidazole rings is 2. The molecule has 2 aromatic heterocycles. The summed E-state index contributed by atoms with van der Waals surface area (Å²) in [7, 11) is 6.10. The number of hydrogen-bond acceptors (Lipinski definition) is 15. The first-order valence-electron chi connectivity index (χ1n) is 23.7. The Morgan fingerprint density at radius 2 is 1.10 bits per heavy atom. The number of amides is 7. The van der Waals surface area contributed by atoms with Gasteiger partial charge in [-0.25, -0.2) is 9.97 Å². The molecule has 8 rings (SSSR count). The molecule has 7 amide bonds. The van der Waals surface area contributed by atoms with Crippen LogP contribution in [-0.2, 0) is 28.5 Å². The number of ether oxygens (including phenoxy) is 4. The summed E-state index contributed by atoms with van der Waals surface area (Å²) < 4.78 is 25.6. The lowest BCUT2D eigenvalue weighted by Gasteiger charge is -2.20. The summed E-state index contributed by atoms with van der Waals surface area (Å²) in [6.45, 7) is 1.63. The highest BCUT2D eigenvalue weighted by molar-refractivity contribution is 6.05. The normalized spacial score (nSPS) is 16.4. The van der Waals surface area contributed by atoms with Crippen molar-refractivity contribution in [2.45, 2.75) is 63.5 Å². The molecule has 2 saturated heterocycles. The van der Waals surface area contributed by atoms with Crippen LogP contribution in [-0.4, -0.2) is 155 Å². The van der Waals surface area contributed by atoms with Crippen LogP contribution in [0.15, 0.2) is 46.6 Å². The van der Waals surface area contributed by atoms with Gasteiger partial charge in [0, 0.05) is 90.1 Å². The molecule has 2 aromatic carbocycles. The van der Waals surface area contributed by atoms with Crippen molar-refractivity contribution in [1.29, 1.82) is 0 Å². The fourth-order valence-corrected chi connectivity index (χ4v) is 8.72. The largest absolute Gasteiger partial charge is 0.493 e. The van der Waals surface area contributed by atoms with E-state index in [0.29, 0.717) is 71.4 Å². The molecule has 380 valence electrons. The highest BCUT2D eigenvalue weighted by Crippen LogP contribution is 2.39. The van der Waals surface area contributed by atoms with E-state index in [1.807, 2.05) is 9.80 Å². The summed E-state index contributed by atoms with van der Waals surface area (Å²) in [4.78, 5) is 111. The van der Waals surface area contributed by atoms with Crippen LogP contribution >= 0.6 is 0 Å². The molecule has 0 bridgehead atoms. The first-order chi connectivity index (χ1) is 34.8. The van der Waals surface area contributed by atoms with Gasteiger partial charge >= 0.3 is 0 Å². The van der Waals surface area contributed by atoms with Crippen LogP contribution in [0, 0.1) is 0 Å².